The third-order valence-electron chi connectivity index (χ3n) is 8.01. The summed E-state index contributed by atoms with van der Waals surface area (Å²) in [6.45, 7) is 9.78. The van der Waals surface area contributed by atoms with Crippen LogP contribution in [0.1, 0.15) is 59.3 Å². The topological polar surface area (TPSA) is 97.4 Å². The molecule has 0 radical (unpaired) electrons. The van der Waals surface area contributed by atoms with Crippen molar-refractivity contribution in [1.82, 2.24) is 0 Å². The molecule has 0 bridgehead atoms. The van der Waals surface area contributed by atoms with Crippen molar-refractivity contribution in [3.8, 4) is 17.2 Å². The van der Waals surface area contributed by atoms with Gasteiger partial charge < -0.3 is 23.7 Å². The summed E-state index contributed by atoms with van der Waals surface area (Å²) in [6, 6.07) is 30.2. The Labute approximate surface area is 282 Å². The summed E-state index contributed by atoms with van der Waals surface area (Å²) < 4.78 is 27.2. The van der Waals surface area contributed by atoms with Gasteiger partial charge in [-0.1, -0.05) is 67.6 Å². The molecule has 250 valence electrons. The van der Waals surface area contributed by atoms with Crippen LogP contribution in [0.3, 0.4) is 0 Å². The number of ketones is 1. The number of benzene rings is 4. The van der Waals surface area contributed by atoms with Gasteiger partial charge in [0, 0.05) is 28.5 Å². The summed E-state index contributed by atoms with van der Waals surface area (Å²) in [5, 5.41) is 0. The molecule has 0 amide bonds. The lowest BCUT2D eigenvalue weighted by Crippen LogP contribution is -2.25. The zero-order valence-corrected chi connectivity index (χ0v) is 28.0. The standard InChI is InChI=1S/C40H42O8/c1-28(2)39(43)47-27-25-45-24-26-46-37(41)22-23-40(4,32-12-18-34(44-5)19-13-32)33-14-20-36(21-15-33)48-35-16-10-31(11-17-35)38(42)30-8-6-29(3)7-9-30/h6-21H,1,22-27H2,2-5H3. The third-order valence-corrected chi connectivity index (χ3v) is 8.01. The molecular weight excluding hydrogens is 608 g/mol. The van der Waals surface area contributed by atoms with Crippen LogP contribution in [-0.4, -0.2) is 51.3 Å². The number of carbonyl (C=O) groups excluding carboxylic acids is 3. The Balaban J connectivity index is 1.36. The first kappa shape index (κ1) is 35.6. The molecule has 0 N–H and O–H groups in total. The van der Waals surface area contributed by atoms with E-state index >= 15 is 0 Å². The van der Waals surface area contributed by atoms with Crippen molar-refractivity contribution in [2.45, 2.75) is 39.0 Å². The van der Waals surface area contributed by atoms with E-state index in [0.29, 0.717) is 34.6 Å². The molecule has 4 aromatic rings. The van der Waals surface area contributed by atoms with E-state index < -0.39 is 11.4 Å². The first-order chi connectivity index (χ1) is 23.1. The van der Waals surface area contributed by atoms with Gasteiger partial charge in [0.15, 0.2) is 5.78 Å². The van der Waals surface area contributed by atoms with Crippen molar-refractivity contribution in [3.63, 3.8) is 0 Å². The molecule has 48 heavy (non-hydrogen) atoms. The Hall–Kier alpha value is -5.21. The molecule has 0 aliphatic carbocycles. The summed E-state index contributed by atoms with van der Waals surface area (Å²) in [6.07, 6.45) is 0.678. The van der Waals surface area contributed by atoms with Crippen LogP contribution < -0.4 is 9.47 Å². The molecule has 0 heterocycles. The van der Waals surface area contributed by atoms with Gasteiger partial charge in [0.25, 0.3) is 0 Å². The Morgan fingerprint density at radius 3 is 1.67 bits per heavy atom. The Morgan fingerprint density at radius 2 is 1.15 bits per heavy atom. The van der Waals surface area contributed by atoms with Crippen molar-refractivity contribution >= 4 is 17.7 Å². The van der Waals surface area contributed by atoms with Crippen LogP contribution in [0.2, 0.25) is 0 Å². The molecule has 0 aliphatic heterocycles. The number of esters is 2. The number of hydrogen-bond acceptors (Lipinski definition) is 8. The zero-order valence-electron chi connectivity index (χ0n) is 28.0. The second kappa shape index (κ2) is 17.1. The highest BCUT2D eigenvalue weighted by atomic mass is 16.6. The maximum atomic E-state index is 12.8. The molecule has 4 rings (SSSR count). The average Bonchev–Trinajstić information content (AvgIpc) is 3.10. The van der Waals surface area contributed by atoms with Crippen LogP contribution in [0.5, 0.6) is 17.2 Å². The monoisotopic (exact) mass is 650 g/mol. The first-order valence-corrected chi connectivity index (χ1v) is 15.8. The van der Waals surface area contributed by atoms with Crippen molar-refractivity contribution in [1.29, 1.82) is 0 Å². The van der Waals surface area contributed by atoms with Crippen LogP contribution in [0.25, 0.3) is 0 Å². The lowest BCUT2D eigenvalue weighted by molar-refractivity contribution is -0.146. The second-order valence-corrected chi connectivity index (χ2v) is 11.7. The summed E-state index contributed by atoms with van der Waals surface area (Å²) in [4.78, 5) is 37.0. The fourth-order valence-corrected chi connectivity index (χ4v) is 5.04. The van der Waals surface area contributed by atoms with Gasteiger partial charge in [-0.05, 0) is 79.9 Å². The minimum Gasteiger partial charge on any atom is -0.497 e. The van der Waals surface area contributed by atoms with Crippen molar-refractivity contribution in [2.75, 3.05) is 33.5 Å². The SMILES string of the molecule is C=C(C)C(=O)OCCOCCOC(=O)CCC(C)(c1ccc(OC)cc1)c1ccc(Oc2ccc(C(=O)c3ccc(C)cc3)cc2)cc1. The maximum absolute atomic E-state index is 12.8. The summed E-state index contributed by atoms with van der Waals surface area (Å²) in [5.74, 6) is 1.15. The molecule has 0 saturated carbocycles. The summed E-state index contributed by atoms with van der Waals surface area (Å²) >= 11 is 0. The minimum absolute atomic E-state index is 0.0419. The predicted molar refractivity (Wildman–Crippen MR) is 184 cm³/mol. The molecule has 0 saturated heterocycles. The highest BCUT2D eigenvalue weighted by Crippen LogP contribution is 2.38. The van der Waals surface area contributed by atoms with E-state index in [9.17, 15) is 14.4 Å². The number of hydrogen-bond donors (Lipinski definition) is 0. The zero-order chi connectivity index (χ0) is 34.5. The molecule has 0 aromatic heterocycles. The fourth-order valence-electron chi connectivity index (χ4n) is 5.04. The molecule has 8 nitrogen and oxygen atoms in total. The van der Waals surface area contributed by atoms with Crippen LogP contribution in [-0.2, 0) is 29.2 Å². The normalized spacial score (nSPS) is 12.0. The Kier molecular flexibility index (Phi) is 12.7. The molecule has 4 aromatic carbocycles. The number of carbonyl (C=O) groups is 3. The van der Waals surface area contributed by atoms with Gasteiger partial charge >= 0.3 is 11.9 Å². The van der Waals surface area contributed by atoms with Gasteiger partial charge in [-0.3, -0.25) is 9.59 Å². The molecule has 0 spiro atoms. The molecule has 0 fully saturated rings. The maximum Gasteiger partial charge on any atom is 0.333 e. The largest absolute Gasteiger partial charge is 0.497 e. The lowest BCUT2D eigenvalue weighted by Gasteiger charge is -2.31. The molecule has 8 heteroatoms. The van der Waals surface area contributed by atoms with Crippen LogP contribution in [0, 0.1) is 6.92 Å². The predicted octanol–water partition coefficient (Wildman–Crippen LogP) is 7.79. The van der Waals surface area contributed by atoms with Gasteiger partial charge in [-0.25, -0.2) is 4.79 Å². The smallest absolute Gasteiger partial charge is 0.333 e. The van der Waals surface area contributed by atoms with Gasteiger partial charge in [0.2, 0.25) is 0 Å². The van der Waals surface area contributed by atoms with Crippen molar-refractivity contribution in [2.24, 2.45) is 0 Å². The molecule has 0 aliphatic rings. The van der Waals surface area contributed by atoms with E-state index in [2.05, 4.69) is 13.5 Å². The van der Waals surface area contributed by atoms with Gasteiger partial charge in [-0.15, -0.1) is 0 Å². The first-order valence-electron chi connectivity index (χ1n) is 15.8. The van der Waals surface area contributed by atoms with E-state index in [1.165, 1.54) is 0 Å². The van der Waals surface area contributed by atoms with Crippen LogP contribution >= 0.6 is 0 Å². The summed E-state index contributed by atoms with van der Waals surface area (Å²) in [5.41, 5.74) is 4.15. The number of ether oxygens (including phenoxy) is 5. The Bertz CT molecular complexity index is 1670. The molecule has 1 unspecified atom stereocenters. The van der Waals surface area contributed by atoms with Crippen LogP contribution in [0.4, 0.5) is 0 Å². The number of rotatable bonds is 17. The van der Waals surface area contributed by atoms with Gasteiger partial charge in [0.05, 0.1) is 20.3 Å². The van der Waals surface area contributed by atoms with Gasteiger partial charge in [-0.2, -0.15) is 0 Å². The average molecular weight is 651 g/mol. The van der Waals surface area contributed by atoms with Gasteiger partial charge in [0.1, 0.15) is 30.5 Å². The fraction of sp³-hybridized carbons (Fsp3) is 0.275. The van der Waals surface area contributed by atoms with E-state index in [1.807, 2.05) is 79.7 Å². The molecular formula is C40H42O8. The van der Waals surface area contributed by atoms with E-state index in [1.54, 1.807) is 38.3 Å². The summed E-state index contributed by atoms with van der Waals surface area (Å²) in [7, 11) is 1.62. The number of aryl methyl sites for hydroxylation is 1. The second-order valence-electron chi connectivity index (χ2n) is 11.7. The highest BCUT2D eigenvalue weighted by Gasteiger charge is 2.30. The van der Waals surface area contributed by atoms with E-state index in [4.69, 9.17) is 23.7 Å². The van der Waals surface area contributed by atoms with E-state index in [0.717, 1.165) is 22.4 Å². The third kappa shape index (κ3) is 9.89. The van der Waals surface area contributed by atoms with Crippen LogP contribution in [0.15, 0.2) is 109 Å². The Morgan fingerprint density at radius 1 is 0.667 bits per heavy atom. The van der Waals surface area contributed by atoms with E-state index in [-0.39, 0.29) is 44.6 Å². The quantitative estimate of drug-likeness (QED) is 0.0495. The van der Waals surface area contributed by atoms with Crippen molar-refractivity contribution < 1.29 is 38.1 Å². The number of methoxy groups -OCH3 is 1. The molecule has 1 atom stereocenters. The van der Waals surface area contributed by atoms with Crippen molar-refractivity contribution in [3.05, 3.63) is 137 Å². The highest BCUT2D eigenvalue weighted by molar-refractivity contribution is 6.09. The minimum atomic E-state index is -0.522. The lowest BCUT2D eigenvalue weighted by atomic mass is 9.73.